The van der Waals surface area contributed by atoms with Gasteiger partial charge in [-0.2, -0.15) is 0 Å². The van der Waals surface area contributed by atoms with E-state index in [4.69, 9.17) is 9.72 Å². The Morgan fingerprint density at radius 3 is 2.42 bits per heavy atom. The molecule has 2 aromatic rings. The van der Waals surface area contributed by atoms with Crippen molar-refractivity contribution in [2.75, 3.05) is 6.61 Å². The second-order valence-corrected chi connectivity index (χ2v) is 9.06. The van der Waals surface area contributed by atoms with E-state index in [0.717, 1.165) is 63.5 Å². The largest absolute Gasteiger partial charge is 0.573 e. The minimum Gasteiger partial charge on any atom is -0.406 e. The fraction of sp³-hybridized carbons (Fsp3) is 0.560. The highest BCUT2D eigenvalue weighted by molar-refractivity contribution is 5.27. The summed E-state index contributed by atoms with van der Waals surface area (Å²) in [7, 11) is 0. The number of pyridine rings is 1. The Balaban J connectivity index is 1.37. The molecule has 1 saturated heterocycles. The van der Waals surface area contributed by atoms with E-state index in [1.54, 1.807) is 12.1 Å². The first-order valence-electron chi connectivity index (χ1n) is 11.3. The van der Waals surface area contributed by atoms with Crippen LogP contribution in [0.3, 0.4) is 0 Å². The van der Waals surface area contributed by atoms with Gasteiger partial charge in [0.1, 0.15) is 5.75 Å². The van der Waals surface area contributed by atoms with Crippen molar-refractivity contribution in [1.29, 1.82) is 0 Å². The molecule has 2 fully saturated rings. The molecule has 1 aliphatic carbocycles. The lowest BCUT2D eigenvalue weighted by Crippen LogP contribution is -2.46. The molecule has 0 N–H and O–H groups in total. The van der Waals surface area contributed by atoms with Crippen LogP contribution in [0.1, 0.15) is 69.0 Å². The second-order valence-electron chi connectivity index (χ2n) is 9.06. The topological polar surface area (TPSA) is 31.4 Å². The van der Waals surface area contributed by atoms with Gasteiger partial charge in [0.2, 0.25) is 0 Å². The fourth-order valence-corrected chi connectivity index (χ4v) is 5.45. The maximum absolute atomic E-state index is 12.3. The maximum atomic E-state index is 12.3. The summed E-state index contributed by atoms with van der Waals surface area (Å²) in [4.78, 5) is 4.74. The highest BCUT2D eigenvalue weighted by Crippen LogP contribution is 2.50. The van der Waals surface area contributed by atoms with Gasteiger partial charge >= 0.3 is 6.36 Å². The number of aryl methyl sites for hydroxylation is 1. The van der Waals surface area contributed by atoms with Crippen molar-refractivity contribution in [1.82, 2.24) is 4.98 Å². The van der Waals surface area contributed by atoms with E-state index in [1.165, 1.54) is 30.7 Å². The predicted molar refractivity (Wildman–Crippen MR) is 113 cm³/mol. The Bertz CT molecular complexity index is 832. The summed E-state index contributed by atoms with van der Waals surface area (Å²) in [6, 6.07) is 12.4. The van der Waals surface area contributed by atoms with Crippen molar-refractivity contribution in [3.8, 4) is 5.75 Å². The van der Waals surface area contributed by atoms with Crippen LogP contribution < -0.4 is 4.74 Å². The average Bonchev–Trinajstić information content (AvgIpc) is 3.19. The molecule has 6 heteroatoms. The zero-order valence-corrected chi connectivity index (χ0v) is 17.8. The van der Waals surface area contributed by atoms with Crippen LogP contribution in [0.25, 0.3) is 0 Å². The van der Waals surface area contributed by atoms with Crippen LogP contribution in [-0.2, 0) is 16.6 Å². The summed E-state index contributed by atoms with van der Waals surface area (Å²) in [5, 5.41) is 0. The van der Waals surface area contributed by atoms with Crippen molar-refractivity contribution in [3.63, 3.8) is 0 Å². The van der Waals surface area contributed by atoms with Gasteiger partial charge in [-0.15, -0.1) is 13.2 Å². The first-order chi connectivity index (χ1) is 14.9. The Labute approximate surface area is 182 Å². The van der Waals surface area contributed by atoms with E-state index in [-0.39, 0.29) is 16.8 Å². The monoisotopic (exact) mass is 433 g/mol. The third-order valence-electron chi connectivity index (χ3n) is 6.90. The molecule has 1 aromatic carbocycles. The number of alkyl halides is 3. The van der Waals surface area contributed by atoms with Crippen LogP contribution in [0.4, 0.5) is 13.2 Å². The normalized spacial score (nSPS) is 23.2. The van der Waals surface area contributed by atoms with Crippen LogP contribution in [-0.4, -0.2) is 23.6 Å². The van der Waals surface area contributed by atoms with Gasteiger partial charge in [0.25, 0.3) is 0 Å². The fourth-order valence-electron chi connectivity index (χ4n) is 5.45. The predicted octanol–water partition coefficient (Wildman–Crippen LogP) is 6.75. The first kappa shape index (κ1) is 22.1. The highest BCUT2D eigenvalue weighted by atomic mass is 19.4. The Kier molecular flexibility index (Phi) is 6.56. The van der Waals surface area contributed by atoms with Crippen molar-refractivity contribution in [2.24, 2.45) is 0 Å². The lowest BCUT2D eigenvalue weighted by molar-refractivity contribution is -0.274. The van der Waals surface area contributed by atoms with Crippen LogP contribution in [0, 0.1) is 0 Å². The van der Waals surface area contributed by atoms with E-state index in [2.05, 4.69) is 16.9 Å². The van der Waals surface area contributed by atoms with Crippen LogP contribution in [0.5, 0.6) is 5.75 Å². The molecule has 1 aromatic heterocycles. The van der Waals surface area contributed by atoms with Crippen molar-refractivity contribution in [2.45, 2.75) is 81.6 Å². The molecule has 0 amide bonds. The lowest BCUT2D eigenvalue weighted by Gasteiger charge is -2.46. The molecule has 1 spiro atoms. The minimum atomic E-state index is -4.65. The van der Waals surface area contributed by atoms with Gasteiger partial charge in [-0.1, -0.05) is 37.5 Å². The molecule has 31 heavy (non-hydrogen) atoms. The molecule has 0 bridgehead atoms. The summed E-state index contributed by atoms with van der Waals surface area (Å²) in [5.41, 5.74) is 2.28. The number of halogens is 3. The maximum Gasteiger partial charge on any atom is 0.573 e. The summed E-state index contributed by atoms with van der Waals surface area (Å²) in [5.74, 6) is -0.172. The SMILES string of the molecule is FC(F)(F)Oc1ccc(CCCCC2(c3ccccn3)CCOC3(CCCC3)C2)cc1. The minimum absolute atomic E-state index is 0.0179. The summed E-state index contributed by atoms with van der Waals surface area (Å²) in [6.45, 7) is 0.789. The molecule has 1 atom stereocenters. The number of aromatic nitrogens is 1. The van der Waals surface area contributed by atoms with E-state index in [0.29, 0.717) is 0 Å². The summed E-state index contributed by atoms with van der Waals surface area (Å²) in [6.07, 6.45) is 7.99. The molecule has 1 saturated carbocycles. The van der Waals surface area contributed by atoms with Gasteiger partial charge in [-0.05, 0) is 74.8 Å². The number of hydrogen-bond acceptors (Lipinski definition) is 3. The number of nitrogens with zero attached hydrogens (tertiary/aromatic N) is 1. The van der Waals surface area contributed by atoms with Crippen molar-refractivity contribution in [3.05, 3.63) is 59.9 Å². The number of benzene rings is 1. The zero-order valence-electron chi connectivity index (χ0n) is 17.8. The average molecular weight is 434 g/mol. The van der Waals surface area contributed by atoms with E-state index < -0.39 is 6.36 Å². The molecule has 2 heterocycles. The number of unbranched alkanes of at least 4 members (excludes halogenated alkanes) is 1. The number of hydrogen-bond donors (Lipinski definition) is 0. The molecule has 1 unspecified atom stereocenters. The molecular formula is C25H30F3NO2. The van der Waals surface area contributed by atoms with Gasteiger partial charge in [-0.25, -0.2) is 0 Å². The third-order valence-corrected chi connectivity index (χ3v) is 6.90. The van der Waals surface area contributed by atoms with E-state index in [1.807, 2.05) is 12.3 Å². The molecule has 4 rings (SSSR count). The Hall–Kier alpha value is -2.08. The van der Waals surface area contributed by atoms with Gasteiger partial charge < -0.3 is 9.47 Å². The molecule has 3 nitrogen and oxygen atoms in total. The van der Waals surface area contributed by atoms with Crippen LogP contribution in [0.2, 0.25) is 0 Å². The molecule has 1 aliphatic heterocycles. The summed E-state index contributed by atoms with van der Waals surface area (Å²) >= 11 is 0. The summed E-state index contributed by atoms with van der Waals surface area (Å²) < 4.78 is 47.2. The Morgan fingerprint density at radius 2 is 1.74 bits per heavy atom. The first-order valence-corrected chi connectivity index (χ1v) is 11.3. The van der Waals surface area contributed by atoms with Gasteiger partial charge in [-0.3, -0.25) is 4.98 Å². The van der Waals surface area contributed by atoms with Crippen LogP contribution >= 0.6 is 0 Å². The molecule has 0 radical (unpaired) electrons. The lowest BCUT2D eigenvalue weighted by atomic mass is 9.67. The zero-order chi connectivity index (χ0) is 21.8. The van der Waals surface area contributed by atoms with Crippen molar-refractivity contribution >= 4 is 0 Å². The van der Waals surface area contributed by atoms with Gasteiger partial charge in [0.05, 0.1) is 5.60 Å². The number of ether oxygens (including phenoxy) is 2. The van der Waals surface area contributed by atoms with Crippen LogP contribution in [0.15, 0.2) is 48.7 Å². The third kappa shape index (κ3) is 5.59. The van der Waals surface area contributed by atoms with Crippen molar-refractivity contribution < 1.29 is 22.6 Å². The van der Waals surface area contributed by atoms with E-state index in [9.17, 15) is 13.2 Å². The molecule has 2 aliphatic rings. The van der Waals surface area contributed by atoms with E-state index >= 15 is 0 Å². The number of rotatable bonds is 7. The molecular weight excluding hydrogens is 403 g/mol. The smallest absolute Gasteiger partial charge is 0.406 e. The van der Waals surface area contributed by atoms with Gasteiger partial charge in [0, 0.05) is 23.9 Å². The standard InChI is InChI=1S/C25H30F3NO2/c26-25(27,28)31-21-11-9-20(10-12-21)7-1-3-13-23(22-8-2-6-17-29-22)16-18-30-24(19-23)14-4-5-15-24/h2,6,8-12,17H,1,3-5,7,13-16,18-19H2. The molecule has 168 valence electrons. The highest BCUT2D eigenvalue weighted by Gasteiger charge is 2.48. The van der Waals surface area contributed by atoms with Gasteiger partial charge in [0.15, 0.2) is 0 Å². The Morgan fingerprint density at radius 1 is 0.968 bits per heavy atom. The quantitative estimate of drug-likeness (QED) is 0.452. The second kappa shape index (κ2) is 9.19.